The van der Waals surface area contributed by atoms with Gasteiger partial charge in [-0.3, -0.25) is 16.3 Å². The Morgan fingerprint density at radius 2 is 2.11 bits per heavy atom. The van der Waals surface area contributed by atoms with E-state index in [1.807, 2.05) is 42.6 Å². The second kappa shape index (κ2) is 7.24. The van der Waals surface area contributed by atoms with E-state index in [0.29, 0.717) is 0 Å². The van der Waals surface area contributed by atoms with Crippen LogP contribution in [0.1, 0.15) is 17.7 Å². The van der Waals surface area contributed by atoms with Crippen molar-refractivity contribution < 1.29 is 0 Å². The van der Waals surface area contributed by atoms with Gasteiger partial charge in [-0.2, -0.15) is 0 Å². The predicted molar refractivity (Wildman–Crippen MR) is 78.8 cm³/mol. The van der Waals surface area contributed by atoms with Gasteiger partial charge in [0.15, 0.2) is 0 Å². The molecule has 100 valence electrons. The summed E-state index contributed by atoms with van der Waals surface area (Å²) in [5.74, 6) is 5.62. The molecule has 3 nitrogen and oxygen atoms in total. The Kier molecular flexibility index (Phi) is 5.33. The number of hydrogen-bond acceptors (Lipinski definition) is 3. The van der Waals surface area contributed by atoms with Gasteiger partial charge in [0.2, 0.25) is 0 Å². The molecule has 2 aromatic rings. The highest BCUT2D eigenvalue weighted by molar-refractivity contribution is 6.30. The molecule has 0 saturated heterocycles. The van der Waals surface area contributed by atoms with Crippen molar-refractivity contribution in [2.75, 3.05) is 0 Å². The maximum atomic E-state index is 5.98. The van der Waals surface area contributed by atoms with E-state index in [1.54, 1.807) is 0 Å². The van der Waals surface area contributed by atoms with Gasteiger partial charge in [-0.15, -0.1) is 0 Å². The molecule has 2 rings (SSSR count). The standard InChI is InChI=1S/C15H18ClN3/c16-13-5-3-4-12(10-13)11-15(19-17)8-7-14-6-1-2-9-18-14/h1-6,9-10,15,19H,7-8,11,17H2. The van der Waals surface area contributed by atoms with Crippen LogP contribution in [-0.2, 0) is 12.8 Å². The molecule has 0 saturated carbocycles. The summed E-state index contributed by atoms with van der Waals surface area (Å²) in [6.45, 7) is 0. The van der Waals surface area contributed by atoms with Crippen LogP contribution in [0.2, 0.25) is 5.02 Å². The van der Waals surface area contributed by atoms with Gasteiger partial charge < -0.3 is 0 Å². The summed E-state index contributed by atoms with van der Waals surface area (Å²) in [4.78, 5) is 4.32. The SMILES string of the molecule is NNC(CCc1ccccn1)Cc1cccc(Cl)c1. The third kappa shape index (κ3) is 4.63. The zero-order valence-electron chi connectivity index (χ0n) is 10.7. The molecule has 1 atom stereocenters. The number of hydrazine groups is 1. The highest BCUT2D eigenvalue weighted by atomic mass is 35.5. The largest absolute Gasteiger partial charge is 0.271 e. The normalized spacial score (nSPS) is 12.3. The van der Waals surface area contributed by atoms with E-state index >= 15 is 0 Å². The average Bonchev–Trinajstić information content (AvgIpc) is 2.44. The second-order valence-corrected chi connectivity index (χ2v) is 4.99. The van der Waals surface area contributed by atoms with Crippen LogP contribution < -0.4 is 11.3 Å². The second-order valence-electron chi connectivity index (χ2n) is 4.56. The lowest BCUT2D eigenvalue weighted by atomic mass is 10.0. The highest BCUT2D eigenvalue weighted by Crippen LogP contribution is 2.14. The maximum Gasteiger partial charge on any atom is 0.0408 e. The van der Waals surface area contributed by atoms with E-state index in [1.165, 1.54) is 5.56 Å². The Labute approximate surface area is 118 Å². The summed E-state index contributed by atoms with van der Waals surface area (Å²) in [6.07, 6.45) is 4.54. The summed E-state index contributed by atoms with van der Waals surface area (Å²) in [6, 6.07) is 14.1. The summed E-state index contributed by atoms with van der Waals surface area (Å²) < 4.78 is 0. The van der Waals surface area contributed by atoms with Crippen LogP contribution in [0.3, 0.4) is 0 Å². The first kappa shape index (κ1) is 14.0. The molecule has 1 aromatic carbocycles. The number of aromatic nitrogens is 1. The van der Waals surface area contributed by atoms with Gasteiger partial charge in [0.1, 0.15) is 0 Å². The van der Waals surface area contributed by atoms with E-state index in [9.17, 15) is 0 Å². The first-order chi connectivity index (χ1) is 9.28. The minimum absolute atomic E-state index is 0.223. The van der Waals surface area contributed by atoms with E-state index in [0.717, 1.165) is 30.0 Å². The third-order valence-corrected chi connectivity index (χ3v) is 3.32. The minimum atomic E-state index is 0.223. The smallest absolute Gasteiger partial charge is 0.0408 e. The number of aryl methyl sites for hydroxylation is 1. The zero-order valence-corrected chi connectivity index (χ0v) is 11.5. The van der Waals surface area contributed by atoms with Crippen molar-refractivity contribution in [3.63, 3.8) is 0 Å². The molecule has 0 aliphatic heterocycles. The summed E-state index contributed by atoms with van der Waals surface area (Å²) in [5, 5.41) is 0.762. The van der Waals surface area contributed by atoms with Crippen LogP contribution in [0.4, 0.5) is 0 Å². The van der Waals surface area contributed by atoms with Crippen LogP contribution in [0, 0.1) is 0 Å². The molecule has 0 aliphatic carbocycles. The van der Waals surface area contributed by atoms with Crippen LogP contribution in [-0.4, -0.2) is 11.0 Å². The minimum Gasteiger partial charge on any atom is -0.271 e. The van der Waals surface area contributed by atoms with Crippen molar-refractivity contribution in [3.05, 3.63) is 64.9 Å². The van der Waals surface area contributed by atoms with Gasteiger partial charge in [-0.05, 0) is 49.1 Å². The van der Waals surface area contributed by atoms with Gasteiger partial charge in [0, 0.05) is 23.0 Å². The van der Waals surface area contributed by atoms with Crippen molar-refractivity contribution in [1.82, 2.24) is 10.4 Å². The fourth-order valence-electron chi connectivity index (χ4n) is 2.06. The maximum absolute atomic E-state index is 5.98. The number of hydrogen-bond donors (Lipinski definition) is 2. The lowest BCUT2D eigenvalue weighted by Gasteiger charge is -2.15. The van der Waals surface area contributed by atoms with E-state index < -0.39 is 0 Å². The number of rotatable bonds is 6. The molecule has 19 heavy (non-hydrogen) atoms. The Morgan fingerprint density at radius 3 is 2.79 bits per heavy atom. The first-order valence-corrected chi connectivity index (χ1v) is 6.76. The molecule has 0 fully saturated rings. The Bertz CT molecular complexity index is 502. The summed E-state index contributed by atoms with van der Waals surface area (Å²) in [5.41, 5.74) is 5.15. The molecule has 3 N–H and O–H groups in total. The fraction of sp³-hybridized carbons (Fsp3) is 0.267. The number of nitrogens with two attached hydrogens (primary N) is 1. The van der Waals surface area contributed by atoms with Gasteiger partial charge in [0.05, 0.1) is 0 Å². The predicted octanol–water partition coefficient (Wildman–Crippen LogP) is 2.74. The number of benzene rings is 1. The molecule has 4 heteroatoms. The van der Waals surface area contributed by atoms with Crippen molar-refractivity contribution in [1.29, 1.82) is 0 Å². The summed E-state index contributed by atoms with van der Waals surface area (Å²) >= 11 is 5.98. The van der Waals surface area contributed by atoms with E-state index in [4.69, 9.17) is 17.4 Å². The quantitative estimate of drug-likeness (QED) is 0.630. The topological polar surface area (TPSA) is 50.9 Å². The fourth-order valence-corrected chi connectivity index (χ4v) is 2.27. The molecular weight excluding hydrogens is 258 g/mol. The van der Waals surface area contributed by atoms with E-state index in [-0.39, 0.29) is 6.04 Å². The van der Waals surface area contributed by atoms with Crippen LogP contribution >= 0.6 is 11.6 Å². The third-order valence-electron chi connectivity index (χ3n) is 3.08. The molecule has 1 aromatic heterocycles. The number of nitrogens with one attached hydrogen (secondary N) is 1. The Balaban J connectivity index is 1.90. The molecule has 1 unspecified atom stereocenters. The van der Waals surface area contributed by atoms with Gasteiger partial charge >= 0.3 is 0 Å². The number of nitrogens with zero attached hydrogens (tertiary/aromatic N) is 1. The molecule has 0 radical (unpaired) electrons. The summed E-state index contributed by atoms with van der Waals surface area (Å²) in [7, 11) is 0. The molecule has 1 heterocycles. The molecule has 0 amide bonds. The van der Waals surface area contributed by atoms with Crippen molar-refractivity contribution >= 4 is 11.6 Å². The van der Waals surface area contributed by atoms with Crippen LogP contribution in [0.15, 0.2) is 48.7 Å². The molecular formula is C15H18ClN3. The first-order valence-electron chi connectivity index (χ1n) is 6.38. The number of pyridine rings is 1. The van der Waals surface area contributed by atoms with Crippen LogP contribution in [0.5, 0.6) is 0 Å². The monoisotopic (exact) mass is 275 g/mol. The molecule has 0 aliphatic rings. The van der Waals surface area contributed by atoms with Crippen LogP contribution in [0.25, 0.3) is 0 Å². The van der Waals surface area contributed by atoms with Gasteiger partial charge in [0.25, 0.3) is 0 Å². The Hall–Kier alpha value is -1.42. The molecule has 0 spiro atoms. The lowest BCUT2D eigenvalue weighted by Crippen LogP contribution is -2.37. The van der Waals surface area contributed by atoms with Crippen molar-refractivity contribution in [3.8, 4) is 0 Å². The Morgan fingerprint density at radius 1 is 1.21 bits per heavy atom. The highest BCUT2D eigenvalue weighted by Gasteiger charge is 2.08. The zero-order chi connectivity index (χ0) is 13.5. The average molecular weight is 276 g/mol. The molecule has 0 bridgehead atoms. The van der Waals surface area contributed by atoms with Gasteiger partial charge in [-0.25, -0.2) is 0 Å². The van der Waals surface area contributed by atoms with Crippen molar-refractivity contribution in [2.24, 2.45) is 5.84 Å². The van der Waals surface area contributed by atoms with Gasteiger partial charge in [-0.1, -0.05) is 29.8 Å². The lowest BCUT2D eigenvalue weighted by molar-refractivity contribution is 0.489. The van der Waals surface area contributed by atoms with Crippen molar-refractivity contribution in [2.45, 2.75) is 25.3 Å². The van der Waals surface area contributed by atoms with E-state index in [2.05, 4.69) is 16.5 Å². The number of halogens is 1.